The molecule has 0 aliphatic rings. The minimum absolute atomic E-state index is 0.729. The van der Waals surface area contributed by atoms with Gasteiger partial charge in [0.2, 0.25) is 12.7 Å². The Hall–Kier alpha value is -1.27. The molecular weight excluding hydrogens is 339 g/mol. The van der Waals surface area contributed by atoms with Crippen molar-refractivity contribution in [1.82, 2.24) is 9.13 Å². The second-order valence-corrected chi connectivity index (χ2v) is 7.56. The Morgan fingerprint density at radius 3 is 1.36 bits per heavy atom. The number of rotatable bonds is 5. The first-order valence-corrected chi connectivity index (χ1v) is 9.44. The maximum Gasteiger partial charge on any atom is 0.243 e. The fraction of sp³-hybridized carbons (Fsp3) is 0.647. The van der Waals surface area contributed by atoms with Gasteiger partial charge < -0.3 is 14.3 Å². The van der Waals surface area contributed by atoms with Gasteiger partial charge in [-0.3, -0.25) is 0 Å². The lowest BCUT2D eigenvalue weighted by molar-refractivity contribution is -0.671. The zero-order chi connectivity index (χ0) is 19.4. The van der Waals surface area contributed by atoms with Gasteiger partial charge in [0.1, 0.15) is 24.8 Å². The molecule has 0 amide bonds. The van der Waals surface area contributed by atoms with Crippen LogP contribution in [-0.4, -0.2) is 16.2 Å². The van der Waals surface area contributed by atoms with Crippen LogP contribution in [-0.2, 0) is 31.7 Å². The molecule has 0 saturated carbocycles. The Morgan fingerprint density at radius 1 is 0.880 bits per heavy atom. The summed E-state index contributed by atoms with van der Waals surface area (Å²) in [4.78, 5) is 18.4. The summed E-state index contributed by atoms with van der Waals surface area (Å²) < 4.78 is 12.2. The lowest BCUT2D eigenvalue weighted by Gasteiger charge is -2.25. The molecule has 0 radical (unpaired) electrons. The van der Waals surface area contributed by atoms with Gasteiger partial charge in [0.25, 0.3) is 0 Å². The molecule has 25 heavy (non-hydrogen) atoms. The van der Waals surface area contributed by atoms with E-state index in [-0.39, 0.29) is 0 Å². The van der Waals surface area contributed by atoms with Gasteiger partial charge in [0.15, 0.2) is 0 Å². The van der Waals surface area contributed by atoms with Gasteiger partial charge in [-0.2, -0.15) is 8.60 Å². The molecule has 0 aromatic carbocycles. The lowest BCUT2D eigenvalue weighted by atomic mass is 10.2. The molecule has 0 N–H and O–H groups in total. The zero-order valence-corrected chi connectivity index (χ0v) is 17.4. The Labute approximate surface area is 153 Å². The number of hydrogen-bond donors (Lipinski definition) is 0. The molecule has 0 atom stereocenters. The average Bonchev–Trinajstić information content (AvgIpc) is 3.07. The van der Waals surface area contributed by atoms with E-state index >= 15 is 0 Å². The maximum absolute atomic E-state index is 9.18. The molecule has 0 spiro atoms. The molecule has 2 heterocycles. The van der Waals surface area contributed by atoms with Gasteiger partial charge in [-0.1, -0.05) is 27.7 Å². The summed E-state index contributed by atoms with van der Waals surface area (Å²) >= 11 is 0. The lowest BCUT2D eigenvalue weighted by Crippen LogP contribution is -2.24. The first kappa shape index (κ1) is 23.7. The molecule has 2 aromatic rings. The van der Waals surface area contributed by atoms with Crippen LogP contribution < -0.4 is 18.9 Å². The standard InChI is InChI=1S/2C8H15N2.CH3O3P/c2*1-8(2)6-10-5-4-9(3)7-10;1-4-5(2)3/h2*4-5,7-8H,6H2,1-3H3;1H3/q2*+1;-2. The fourth-order valence-corrected chi connectivity index (χ4v) is 2.06. The Kier molecular flexibility index (Phi) is 12.3. The normalized spacial score (nSPS) is 10.6. The van der Waals surface area contributed by atoms with Crippen molar-refractivity contribution < 1.29 is 23.4 Å². The SMILES string of the molecule is CC(C)Cn1cc[n+](C)c1.CC(C)Cn1cc[n+](C)c1.COP([O-])[O-]. The highest BCUT2D eigenvalue weighted by Crippen LogP contribution is 2.07. The Morgan fingerprint density at radius 2 is 1.20 bits per heavy atom. The summed E-state index contributed by atoms with van der Waals surface area (Å²) in [5.74, 6) is 1.46. The first-order valence-electron chi connectivity index (χ1n) is 8.34. The van der Waals surface area contributed by atoms with Crippen molar-refractivity contribution in [2.24, 2.45) is 25.9 Å². The van der Waals surface area contributed by atoms with Crippen LogP contribution in [0.2, 0.25) is 0 Å². The molecule has 0 bridgehead atoms. The highest BCUT2D eigenvalue weighted by molar-refractivity contribution is 7.36. The van der Waals surface area contributed by atoms with Crippen molar-refractivity contribution in [3.63, 3.8) is 0 Å². The van der Waals surface area contributed by atoms with Crippen molar-refractivity contribution in [2.45, 2.75) is 40.8 Å². The van der Waals surface area contributed by atoms with Crippen LogP contribution in [0.4, 0.5) is 0 Å². The third-order valence-electron chi connectivity index (χ3n) is 2.95. The molecule has 0 fully saturated rings. The maximum atomic E-state index is 9.18. The van der Waals surface area contributed by atoms with Gasteiger partial charge in [-0.05, 0) is 11.8 Å². The van der Waals surface area contributed by atoms with Crippen LogP contribution in [0.5, 0.6) is 0 Å². The summed E-state index contributed by atoms with van der Waals surface area (Å²) in [6, 6.07) is 0. The summed E-state index contributed by atoms with van der Waals surface area (Å²) in [6.07, 6.45) is 12.5. The van der Waals surface area contributed by atoms with Crippen LogP contribution in [0.3, 0.4) is 0 Å². The Balaban J connectivity index is 0.000000368. The van der Waals surface area contributed by atoms with E-state index in [4.69, 9.17) is 0 Å². The summed E-state index contributed by atoms with van der Waals surface area (Å²) in [7, 11) is 2.58. The van der Waals surface area contributed by atoms with Crippen LogP contribution >= 0.6 is 8.60 Å². The van der Waals surface area contributed by atoms with E-state index in [1.165, 1.54) is 0 Å². The fourth-order valence-electron chi connectivity index (χ4n) is 2.06. The second kappa shape index (κ2) is 13.0. The van der Waals surface area contributed by atoms with Crippen molar-refractivity contribution in [1.29, 1.82) is 0 Å². The van der Waals surface area contributed by atoms with Crippen molar-refractivity contribution in [2.75, 3.05) is 7.11 Å². The topological polar surface area (TPSA) is 73.0 Å². The number of nitrogens with zero attached hydrogens (tertiary/aromatic N) is 4. The molecule has 0 saturated heterocycles. The molecule has 0 aliphatic carbocycles. The molecular formula is C17H33N4O3P. The third-order valence-corrected chi connectivity index (χ3v) is 3.25. The van der Waals surface area contributed by atoms with Crippen LogP contribution in [0.15, 0.2) is 37.4 Å². The van der Waals surface area contributed by atoms with Crippen LogP contribution in [0.25, 0.3) is 0 Å². The molecule has 2 rings (SSSR count). The van der Waals surface area contributed by atoms with Crippen LogP contribution in [0.1, 0.15) is 27.7 Å². The summed E-state index contributed by atoms with van der Waals surface area (Å²) in [5, 5.41) is 0. The molecule has 0 aliphatic heterocycles. The zero-order valence-electron chi connectivity index (χ0n) is 16.5. The third kappa shape index (κ3) is 13.7. The van der Waals surface area contributed by atoms with Crippen LogP contribution in [0, 0.1) is 11.8 Å². The van der Waals surface area contributed by atoms with Crippen molar-refractivity contribution >= 4 is 8.60 Å². The molecule has 144 valence electrons. The number of aryl methyl sites for hydroxylation is 2. The van der Waals surface area contributed by atoms with Crippen molar-refractivity contribution in [3.05, 3.63) is 37.4 Å². The minimum Gasteiger partial charge on any atom is -0.820 e. The molecule has 0 unspecified atom stereocenters. The molecule has 7 nitrogen and oxygen atoms in total. The largest absolute Gasteiger partial charge is 0.820 e. The van der Waals surface area contributed by atoms with E-state index in [9.17, 15) is 9.79 Å². The summed E-state index contributed by atoms with van der Waals surface area (Å²) in [5.41, 5.74) is 0. The number of hydrogen-bond acceptors (Lipinski definition) is 3. The number of imidazole rings is 2. The molecule has 8 heteroatoms. The van der Waals surface area contributed by atoms with Gasteiger partial charge in [0.05, 0.1) is 27.2 Å². The van der Waals surface area contributed by atoms with E-state index in [0.717, 1.165) is 32.0 Å². The predicted octanol–water partition coefficient (Wildman–Crippen LogP) is 0.518. The first-order chi connectivity index (χ1) is 11.6. The minimum atomic E-state index is -2.60. The smallest absolute Gasteiger partial charge is 0.243 e. The van der Waals surface area contributed by atoms with E-state index in [2.05, 4.69) is 87.9 Å². The average molecular weight is 372 g/mol. The summed E-state index contributed by atoms with van der Waals surface area (Å²) in [6.45, 7) is 11.1. The van der Waals surface area contributed by atoms with Gasteiger partial charge in [-0.25, -0.2) is 18.3 Å². The quantitative estimate of drug-likeness (QED) is 0.567. The van der Waals surface area contributed by atoms with Gasteiger partial charge in [0, 0.05) is 7.11 Å². The second-order valence-electron chi connectivity index (χ2n) is 6.75. The highest BCUT2D eigenvalue weighted by atomic mass is 31.2. The Bertz CT molecular complexity index is 521. The highest BCUT2D eigenvalue weighted by Gasteiger charge is 2.02. The number of aromatic nitrogens is 4. The van der Waals surface area contributed by atoms with E-state index in [1.54, 1.807) is 0 Å². The van der Waals surface area contributed by atoms with E-state index < -0.39 is 8.60 Å². The van der Waals surface area contributed by atoms with Crippen molar-refractivity contribution in [3.8, 4) is 0 Å². The van der Waals surface area contributed by atoms with Gasteiger partial charge >= 0.3 is 0 Å². The monoisotopic (exact) mass is 372 g/mol. The van der Waals surface area contributed by atoms with Gasteiger partial charge in [-0.15, -0.1) is 0 Å². The van der Waals surface area contributed by atoms with E-state index in [1.807, 2.05) is 14.1 Å². The van der Waals surface area contributed by atoms with E-state index in [0.29, 0.717) is 0 Å². The molecule has 2 aromatic heterocycles. The predicted molar refractivity (Wildman–Crippen MR) is 94.8 cm³/mol.